The molecule has 0 aliphatic carbocycles. The zero-order valence-corrected chi connectivity index (χ0v) is 28.3. The van der Waals surface area contributed by atoms with Gasteiger partial charge in [-0.3, -0.25) is 9.69 Å². The molecule has 0 bridgehead atoms. The second kappa shape index (κ2) is 15.7. The number of methoxy groups -OCH3 is 1. The fourth-order valence-corrected chi connectivity index (χ4v) is 7.15. The van der Waals surface area contributed by atoms with Crippen LogP contribution in [-0.2, 0) is 17.5 Å². The van der Waals surface area contributed by atoms with E-state index < -0.39 is 11.7 Å². The first-order valence-corrected chi connectivity index (χ1v) is 17.3. The molecular formula is C39H45F3N4O3. The van der Waals surface area contributed by atoms with Crippen LogP contribution in [0.5, 0.6) is 5.75 Å². The van der Waals surface area contributed by atoms with Gasteiger partial charge in [-0.2, -0.15) is 13.2 Å². The van der Waals surface area contributed by atoms with Gasteiger partial charge in [0.1, 0.15) is 12.4 Å². The van der Waals surface area contributed by atoms with Gasteiger partial charge in [0.15, 0.2) is 0 Å². The van der Waals surface area contributed by atoms with E-state index in [4.69, 9.17) is 14.5 Å². The Labute approximate surface area is 286 Å². The Morgan fingerprint density at radius 1 is 0.939 bits per heavy atom. The first kappa shape index (κ1) is 34.9. The van der Waals surface area contributed by atoms with E-state index in [0.717, 1.165) is 56.7 Å². The highest BCUT2D eigenvalue weighted by Crippen LogP contribution is 2.37. The smallest absolute Gasteiger partial charge is 0.416 e. The van der Waals surface area contributed by atoms with Crippen LogP contribution in [0, 0.1) is 0 Å². The number of carbonyl (C=O) groups excluding carboxylic acids is 1. The lowest BCUT2D eigenvalue weighted by Gasteiger charge is -2.40. The number of hydrogen-bond donors (Lipinski definition) is 1. The van der Waals surface area contributed by atoms with E-state index in [1.165, 1.54) is 25.3 Å². The monoisotopic (exact) mass is 674 g/mol. The molecular weight excluding hydrogens is 629 g/mol. The molecule has 2 aliphatic rings. The number of carbonyl (C=O) groups is 1. The number of aromatic nitrogens is 1. The summed E-state index contributed by atoms with van der Waals surface area (Å²) in [6.07, 6.45) is 1.24. The summed E-state index contributed by atoms with van der Waals surface area (Å²) in [7, 11) is 1.60. The SMILES string of the molecule is COCCOc1ccc2nc(-c3cccc(C(F)(F)F)c3)c(CN3CCC(N4CCCCC4)CC3)c(C(=O)N[C@@H](C)c3ccccc3)c2c1. The van der Waals surface area contributed by atoms with Crippen molar-refractivity contribution in [1.29, 1.82) is 0 Å². The average molecular weight is 675 g/mol. The van der Waals surface area contributed by atoms with Crippen LogP contribution in [0.1, 0.15) is 72.1 Å². The molecule has 1 atom stereocenters. The van der Waals surface area contributed by atoms with Gasteiger partial charge in [-0.05, 0) is 94.7 Å². The minimum absolute atomic E-state index is 0.316. The molecule has 1 amide bonds. The van der Waals surface area contributed by atoms with Crippen molar-refractivity contribution in [3.05, 3.63) is 95.1 Å². The molecule has 2 aliphatic heterocycles. The molecule has 0 unspecified atom stereocenters. The standard InChI is InChI=1S/C39H45F3N4O3/c1-27(28-10-5-3-6-11-28)43-38(47)36-33-25-32(49-23-22-48-2)14-15-35(33)44-37(29-12-9-13-30(24-29)39(40,41)42)34(36)26-45-20-16-31(17-21-45)46-18-7-4-8-19-46/h3,5-6,9-15,24-25,27,31H,4,7-8,16-23,26H2,1-2H3,(H,43,47)/t27-/m0/s1. The van der Waals surface area contributed by atoms with Crippen LogP contribution in [0.25, 0.3) is 22.2 Å². The van der Waals surface area contributed by atoms with Gasteiger partial charge in [0.05, 0.1) is 35.0 Å². The molecule has 0 spiro atoms. The Balaban J connectivity index is 1.45. The lowest BCUT2D eigenvalue weighted by molar-refractivity contribution is -0.137. The molecule has 3 aromatic carbocycles. The lowest BCUT2D eigenvalue weighted by Crippen LogP contribution is -2.46. The van der Waals surface area contributed by atoms with Crippen molar-refractivity contribution in [3.8, 4) is 17.0 Å². The highest BCUT2D eigenvalue weighted by molar-refractivity contribution is 6.09. The predicted octanol–water partition coefficient (Wildman–Crippen LogP) is 7.89. The quantitative estimate of drug-likeness (QED) is 0.163. The number of pyridine rings is 1. The van der Waals surface area contributed by atoms with Gasteiger partial charge in [-0.15, -0.1) is 0 Å². The second-order valence-electron chi connectivity index (χ2n) is 13.1. The summed E-state index contributed by atoms with van der Waals surface area (Å²) in [6, 6.07) is 20.5. The van der Waals surface area contributed by atoms with Crippen LogP contribution in [-0.4, -0.2) is 73.2 Å². The number of nitrogens with one attached hydrogen (secondary N) is 1. The minimum atomic E-state index is -4.52. The molecule has 3 heterocycles. The molecule has 2 fully saturated rings. The molecule has 1 N–H and O–H groups in total. The zero-order valence-electron chi connectivity index (χ0n) is 28.3. The summed E-state index contributed by atoms with van der Waals surface area (Å²) < 4.78 is 53.0. The molecule has 7 nitrogen and oxygen atoms in total. The molecule has 0 saturated carbocycles. The third-order valence-electron chi connectivity index (χ3n) is 9.80. The number of amides is 1. The van der Waals surface area contributed by atoms with Gasteiger partial charge in [0, 0.05) is 36.2 Å². The van der Waals surface area contributed by atoms with E-state index in [2.05, 4.69) is 15.1 Å². The van der Waals surface area contributed by atoms with Crippen molar-refractivity contribution in [2.24, 2.45) is 0 Å². The van der Waals surface area contributed by atoms with Crippen LogP contribution < -0.4 is 10.1 Å². The van der Waals surface area contributed by atoms with Gasteiger partial charge < -0.3 is 19.7 Å². The summed E-state index contributed by atoms with van der Waals surface area (Å²) in [5.41, 5.74) is 2.38. The summed E-state index contributed by atoms with van der Waals surface area (Å²) in [5, 5.41) is 3.77. The van der Waals surface area contributed by atoms with Crippen molar-refractivity contribution >= 4 is 16.8 Å². The Morgan fingerprint density at radius 3 is 2.41 bits per heavy atom. The number of ether oxygens (including phenoxy) is 2. The Kier molecular flexibility index (Phi) is 11.2. The number of likely N-dealkylation sites (tertiary alicyclic amines) is 2. The first-order valence-electron chi connectivity index (χ1n) is 17.3. The van der Waals surface area contributed by atoms with Crippen molar-refractivity contribution < 1.29 is 27.4 Å². The van der Waals surface area contributed by atoms with E-state index in [-0.39, 0.29) is 11.9 Å². The van der Waals surface area contributed by atoms with E-state index in [9.17, 15) is 18.0 Å². The Hall–Kier alpha value is -3.99. The van der Waals surface area contributed by atoms with Gasteiger partial charge >= 0.3 is 6.18 Å². The number of alkyl halides is 3. The van der Waals surface area contributed by atoms with Crippen molar-refractivity contribution in [2.45, 2.75) is 63.8 Å². The topological polar surface area (TPSA) is 66.9 Å². The van der Waals surface area contributed by atoms with E-state index in [1.54, 1.807) is 25.3 Å². The fraction of sp³-hybridized carbons (Fsp3) is 0.436. The highest BCUT2D eigenvalue weighted by Gasteiger charge is 2.32. The number of benzene rings is 3. The third-order valence-corrected chi connectivity index (χ3v) is 9.80. The molecule has 0 radical (unpaired) electrons. The maximum Gasteiger partial charge on any atom is 0.416 e. The van der Waals surface area contributed by atoms with Gasteiger partial charge in [-0.1, -0.05) is 48.9 Å². The van der Waals surface area contributed by atoms with Crippen LogP contribution in [0.3, 0.4) is 0 Å². The largest absolute Gasteiger partial charge is 0.491 e. The molecule has 1 aromatic heterocycles. The summed E-state index contributed by atoms with van der Waals surface area (Å²) in [6.45, 7) is 6.93. The molecule has 10 heteroatoms. The van der Waals surface area contributed by atoms with Crippen molar-refractivity contribution in [2.75, 3.05) is 46.5 Å². The fourth-order valence-electron chi connectivity index (χ4n) is 7.15. The van der Waals surface area contributed by atoms with Crippen LogP contribution in [0.15, 0.2) is 72.8 Å². The number of nitrogens with zero attached hydrogens (tertiary/aromatic N) is 3. The predicted molar refractivity (Wildman–Crippen MR) is 186 cm³/mol. The normalized spacial score (nSPS) is 17.2. The number of piperidine rings is 2. The van der Waals surface area contributed by atoms with Crippen LogP contribution >= 0.6 is 0 Å². The number of hydrogen-bond acceptors (Lipinski definition) is 6. The highest BCUT2D eigenvalue weighted by atomic mass is 19.4. The molecule has 4 aromatic rings. The van der Waals surface area contributed by atoms with Crippen molar-refractivity contribution in [1.82, 2.24) is 20.1 Å². The van der Waals surface area contributed by atoms with Gasteiger partial charge in [0.2, 0.25) is 0 Å². The molecule has 49 heavy (non-hydrogen) atoms. The van der Waals surface area contributed by atoms with E-state index in [1.807, 2.05) is 43.3 Å². The number of rotatable bonds is 11. The zero-order chi connectivity index (χ0) is 34.4. The molecule has 260 valence electrons. The van der Waals surface area contributed by atoms with E-state index >= 15 is 0 Å². The number of halogens is 3. The lowest BCUT2D eigenvalue weighted by atomic mass is 9.93. The van der Waals surface area contributed by atoms with Gasteiger partial charge in [0.25, 0.3) is 5.91 Å². The maximum atomic E-state index is 14.5. The molecule has 6 rings (SSSR count). The number of fused-ring (bicyclic) bond motifs is 1. The summed E-state index contributed by atoms with van der Waals surface area (Å²) in [5.74, 6) is 0.237. The molecule has 2 saturated heterocycles. The van der Waals surface area contributed by atoms with Crippen LogP contribution in [0.4, 0.5) is 13.2 Å². The summed E-state index contributed by atoms with van der Waals surface area (Å²) in [4.78, 5) is 24.4. The third kappa shape index (κ3) is 8.43. The van der Waals surface area contributed by atoms with Crippen LogP contribution in [0.2, 0.25) is 0 Å². The first-order chi connectivity index (χ1) is 23.7. The maximum absolute atomic E-state index is 14.5. The van der Waals surface area contributed by atoms with Gasteiger partial charge in [-0.25, -0.2) is 4.98 Å². The van der Waals surface area contributed by atoms with Crippen molar-refractivity contribution in [3.63, 3.8) is 0 Å². The summed E-state index contributed by atoms with van der Waals surface area (Å²) >= 11 is 0. The Morgan fingerprint density at radius 2 is 1.69 bits per heavy atom. The average Bonchev–Trinajstić information content (AvgIpc) is 3.12. The minimum Gasteiger partial charge on any atom is -0.491 e. The Bertz CT molecular complexity index is 1720. The second-order valence-corrected chi connectivity index (χ2v) is 13.1. The van der Waals surface area contributed by atoms with E-state index in [0.29, 0.717) is 64.8 Å².